The first-order chi connectivity index (χ1) is 10.2. The van der Waals surface area contributed by atoms with Crippen LogP contribution in [0.3, 0.4) is 0 Å². The van der Waals surface area contributed by atoms with Crippen molar-refractivity contribution in [2.75, 3.05) is 19.8 Å². The van der Waals surface area contributed by atoms with Gasteiger partial charge in [0.05, 0.1) is 25.9 Å². The number of hydrogen-bond donors (Lipinski definition) is 1. The van der Waals surface area contributed by atoms with Crippen LogP contribution in [0.4, 0.5) is 0 Å². The van der Waals surface area contributed by atoms with Crippen LogP contribution in [0.5, 0.6) is 0 Å². The number of hydrogen-bond acceptors (Lipinski definition) is 4. The summed E-state index contributed by atoms with van der Waals surface area (Å²) in [6.45, 7) is 10.1. The van der Waals surface area contributed by atoms with Gasteiger partial charge in [-0.1, -0.05) is 25.1 Å². The third-order valence-corrected chi connectivity index (χ3v) is 4.46. The average molecular weight is 307 g/mol. The minimum Gasteiger partial charge on any atom is -0.376 e. The minimum atomic E-state index is 0.264. The van der Waals surface area contributed by atoms with Crippen molar-refractivity contribution in [2.24, 2.45) is 0 Å². The second-order valence-corrected chi connectivity index (χ2v) is 6.39. The van der Waals surface area contributed by atoms with Gasteiger partial charge < -0.3 is 14.8 Å². The smallest absolute Gasteiger partial charge is 0.0735 e. The van der Waals surface area contributed by atoms with Gasteiger partial charge in [0.25, 0.3) is 0 Å². The molecule has 0 aliphatic rings. The lowest BCUT2D eigenvalue weighted by molar-refractivity contribution is 0.0144. The van der Waals surface area contributed by atoms with Gasteiger partial charge in [-0.15, -0.1) is 11.3 Å². The summed E-state index contributed by atoms with van der Waals surface area (Å²) in [6, 6.07) is 8.56. The molecular formula is C17H25NO2S. The largest absolute Gasteiger partial charge is 0.376 e. The maximum absolute atomic E-state index is 5.81. The molecule has 4 heteroatoms. The van der Waals surface area contributed by atoms with Crippen LogP contribution in [0.2, 0.25) is 0 Å². The maximum Gasteiger partial charge on any atom is 0.0735 e. The van der Waals surface area contributed by atoms with Crippen LogP contribution >= 0.6 is 11.3 Å². The van der Waals surface area contributed by atoms with Gasteiger partial charge in [0, 0.05) is 21.7 Å². The summed E-state index contributed by atoms with van der Waals surface area (Å²) in [5.74, 6) is 0. The molecule has 0 unspecified atom stereocenters. The molecule has 1 aromatic heterocycles. The van der Waals surface area contributed by atoms with Crippen molar-refractivity contribution in [3.63, 3.8) is 0 Å². The third-order valence-electron chi connectivity index (χ3n) is 3.24. The van der Waals surface area contributed by atoms with E-state index in [0.717, 1.165) is 13.1 Å². The summed E-state index contributed by atoms with van der Waals surface area (Å²) in [7, 11) is 0. The summed E-state index contributed by atoms with van der Waals surface area (Å²) in [6.07, 6.45) is 0.264. The van der Waals surface area contributed by atoms with Crippen molar-refractivity contribution in [1.29, 1.82) is 0 Å². The summed E-state index contributed by atoms with van der Waals surface area (Å²) >= 11 is 1.86. The van der Waals surface area contributed by atoms with E-state index in [0.29, 0.717) is 19.8 Å². The Labute approximate surface area is 131 Å². The molecule has 0 aliphatic heterocycles. The topological polar surface area (TPSA) is 30.5 Å². The van der Waals surface area contributed by atoms with E-state index < -0.39 is 0 Å². The summed E-state index contributed by atoms with van der Waals surface area (Å²) in [5.41, 5.74) is 1.32. The summed E-state index contributed by atoms with van der Waals surface area (Å²) in [5, 5.41) is 4.73. The molecular weight excluding hydrogens is 282 g/mol. The van der Waals surface area contributed by atoms with Crippen molar-refractivity contribution in [2.45, 2.75) is 40.0 Å². The van der Waals surface area contributed by atoms with Crippen LogP contribution in [0.15, 0.2) is 24.3 Å². The van der Waals surface area contributed by atoms with E-state index in [4.69, 9.17) is 9.47 Å². The van der Waals surface area contributed by atoms with E-state index in [1.54, 1.807) is 0 Å². The van der Waals surface area contributed by atoms with Gasteiger partial charge in [0.2, 0.25) is 0 Å². The molecule has 0 radical (unpaired) electrons. The molecule has 0 saturated carbocycles. The molecule has 0 saturated heterocycles. The van der Waals surface area contributed by atoms with E-state index in [2.05, 4.69) is 36.5 Å². The molecule has 0 amide bonds. The Morgan fingerprint density at radius 2 is 2.00 bits per heavy atom. The van der Waals surface area contributed by atoms with E-state index in [1.807, 2.05) is 25.2 Å². The van der Waals surface area contributed by atoms with Gasteiger partial charge in [-0.3, -0.25) is 0 Å². The van der Waals surface area contributed by atoms with E-state index in [-0.39, 0.29) is 6.10 Å². The van der Waals surface area contributed by atoms with Crippen molar-refractivity contribution in [3.05, 3.63) is 34.7 Å². The SMILES string of the molecule is CCNCc1sc2ccccc2c1COCCOC(C)C. The molecule has 0 fully saturated rings. The average Bonchev–Trinajstić information content (AvgIpc) is 2.82. The Bertz CT molecular complexity index is 551. The molecule has 2 rings (SSSR count). The molecule has 0 bridgehead atoms. The fourth-order valence-corrected chi connectivity index (χ4v) is 3.39. The summed E-state index contributed by atoms with van der Waals surface area (Å²) in [4.78, 5) is 1.38. The molecule has 0 atom stereocenters. The highest BCUT2D eigenvalue weighted by atomic mass is 32.1. The Hall–Kier alpha value is -0.940. The Kier molecular flexibility index (Phi) is 6.64. The van der Waals surface area contributed by atoms with Crippen LogP contribution < -0.4 is 5.32 Å². The lowest BCUT2D eigenvalue weighted by atomic mass is 10.1. The highest BCUT2D eigenvalue weighted by Crippen LogP contribution is 2.31. The third kappa shape index (κ3) is 4.78. The molecule has 0 spiro atoms. The number of rotatable bonds is 9. The Morgan fingerprint density at radius 1 is 1.19 bits per heavy atom. The van der Waals surface area contributed by atoms with Crippen molar-refractivity contribution < 1.29 is 9.47 Å². The summed E-state index contributed by atoms with van der Waals surface area (Å²) < 4.78 is 12.7. The first-order valence-corrected chi connectivity index (χ1v) is 8.43. The van der Waals surface area contributed by atoms with Gasteiger partial charge in [-0.05, 0) is 31.8 Å². The zero-order chi connectivity index (χ0) is 15.1. The molecule has 2 aromatic rings. The maximum atomic E-state index is 5.81. The zero-order valence-electron chi connectivity index (χ0n) is 13.1. The lowest BCUT2D eigenvalue weighted by Crippen LogP contribution is -2.13. The van der Waals surface area contributed by atoms with Crippen LogP contribution in [0, 0.1) is 0 Å². The first-order valence-electron chi connectivity index (χ1n) is 7.61. The zero-order valence-corrected chi connectivity index (χ0v) is 14.0. The van der Waals surface area contributed by atoms with Gasteiger partial charge in [-0.25, -0.2) is 0 Å². The molecule has 1 N–H and O–H groups in total. The normalized spacial score (nSPS) is 11.6. The fraction of sp³-hybridized carbons (Fsp3) is 0.529. The lowest BCUT2D eigenvalue weighted by Gasteiger charge is -2.09. The fourth-order valence-electron chi connectivity index (χ4n) is 2.21. The first kappa shape index (κ1) is 16.4. The van der Waals surface area contributed by atoms with Crippen molar-refractivity contribution >= 4 is 21.4 Å². The number of thiophene rings is 1. The standard InChI is InChI=1S/C17H25NO2S/c1-4-18-11-17-15(12-19-9-10-20-13(2)3)14-7-5-6-8-16(14)21-17/h5-8,13,18H,4,9-12H2,1-3H3. The van der Waals surface area contributed by atoms with Crippen LogP contribution in [0.1, 0.15) is 31.2 Å². The van der Waals surface area contributed by atoms with Crippen LogP contribution in [-0.2, 0) is 22.6 Å². The molecule has 116 valence electrons. The van der Waals surface area contributed by atoms with Gasteiger partial charge in [0.15, 0.2) is 0 Å². The van der Waals surface area contributed by atoms with E-state index >= 15 is 0 Å². The number of nitrogens with one attached hydrogen (secondary N) is 1. The second-order valence-electron chi connectivity index (χ2n) is 5.25. The van der Waals surface area contributed by atoms with Crippen molar-refractivity contribution in [1.82, 2.24) is 5.32 Å². The highest BCUT2D eigenvalue weighted by Gasteiger charge is 2.11. The molecule has 1 aromatic carbocycles. The Morgan fingerprint density at radius 3 is 2.76 bits per heavy atom. The van der Waals surface area contributed by atoms with Gasteiger partial charge >= 0.3 is 0 Å². The molecule has 3 nitrogen and oxygen atoms in total. The molecule has 0 aliphatic carbocycles. The predicted octanol–water partition coefficient (Wildman–Crippen LogP) is 3.95. The van der Waals surface area contributed by atoms with E-state index in [1.165, 1.54) is 20.5 Å². The number of ether oxygens (including phenoxy) is 2. The quantitative estimate of drug-likeness (QED) is 0.712. The molecule has 21 heavy (non-hydrogen) atoms. The highest BCUT2D eigenvalue weighted by molar-refractivity contribution is 7.19. The van der Waals surface area contributed by atoms with Crippen LogP contribution in [0.25, 0.3) is 10.1 Å². The molecule has 1 heterocycles. The minimum absolute atomic E-state index is 0.264. The number of fused-ring (bicyclic) bond motifs is 1. The Balaban J connectivity index is 2.01. The number of benzene rings is 1. The van der Waals surface area contributed by atoms with Gasteiger partial charge in [-0.2, -0.15) is 0 Å². The monoisotopic (exact) mass is 307 g/mol. The van der Waals surface area contributed by atoms with Crippen molar-refractivity contribution in [3.8, 4) is 0 Å². The predicted molar refractivity (Wildman–Crippen MR) is 89.9 cm³/mol. The van der Waals surface area contributed by atoms with Crippen LogP contribution in [-0.4, -0.2) is 25.9 Å². The second kappa shape index (κ2) is 8.49. The van der Waals surface area contributed by atoms with E-state index in [9.17, 15) is 0 Å². The van der Waals surface area contributed by atoms with Gasteiger partial charge in [0.1, 0.15) is 0 Å².